The molecular formula is C28H56O4. The van der Waals surface area contributed by atoms with Crippen LogP contribution in [0.5, 0.6) is 0 Å². The Kier molecular flexibility index (Phi) is 27.9. The van der Waals surface area contributed by atoms with Crippen molar-refractivity contribution in [3.63, 3.8) is 0 Å². The summed E-state index contributed by atoms with van der Waals surface area (Å²) >= 11 is 0. The molecule has 0 spiro atoms. The fraction of sp³-hybridized carbons (Fsp3) is 0.964. The van der Waals surface area contributed by atoms with E-state index < -0.39 is 0 Å². The van der Waals surface area contributed by atoms with E-state index in [1.165, 1.54) is 103 Å². The van der Waals surface area contributed by atoms with Crippen molar-refractivity contribution in [1.29, 1.82) is 0 Å². The molecule has 0 amide bonds. The summed E-state index contributed by atoms with van der Waals surface area (Å²) in [6.07, 6.45) is 25.5. The average molecular weight is 457 g/mol. The van der Waals surface area contributed by atoms with Gasteiger partial charge in [0, 0.05) is 13.0 Å². The highest BCUT2D eigenvalue weighted by Crippen LogP contribution is 2.13. The minimum atomic E-state index is -0.0875. The maximum absolute atomic E-state index is 11.7. The number of esters is 1. The smallest absolute Gasteiger partial charge is 0.305 e. The van der Waals surface area contributed by atoms with Crippen LogP contribution in [0.4, 0.5) is 0 Å². The van der Waals surface area contributed by atoms with Crippen molar-refractivity contribution in [2.75, 3.05) is 33.0 Å². The molecule has 0 N–H and O–H groups in total. The van der Waals surface area contributed by atoms with Crippen molar-refractivity contribution in [2.45, 2.75) is 142 Å². The van der Waals surface area contributed by atoms with Gasteiger partial charge < -0.3 is 14.2 Å². The van der Waals surface area contributed by atoms with Crippen molar-refractivity contribution in [2.24, 2.45) is 0 Å². The van der Waals surface area contributed by atoms with Gasteiger partial charge in [-0.2, -0.15) is 0 Å². The van der Waals surface area contributed by atoms with Crippen LogP contribution in [0.2, 0.25) is 0 Å². The molecular weight excluding hydrogens is 400 g/mol. The minimum Gasteiger partial charge on any atom is -0.463 e. The second kappa shape index (κ2) is 28.4. The largest absolute Gasteiger partial charge is 0.463 e. The minimum absolute atomic E-state index is 0.0875. The molecule has 0 radical (unpaired) electrons. The molecule has 0 aromatic carbocycles. The van der Waals surface area contributed by atoms with E-state index in [0.29, 0.717) is 32.8 Å². The lowest BCUT2D eigenvalue weighted by Crippen LogP contribution is -2.13. The van der Waals surface area contributed by atoms with Crippen LogP contribution in [0.1, 0.15) is 142 Å². The predicted molar refractivity (Wildman–Crippen MR) is 136 cm³/mol. The maximum atomic E-state index is 11.7. The Morgan fingerprint density at radius 2 is 0.812 bits per heavy atom. The van der Waals surface area contributed by atoms with Gasteiger partial charge in [-0.3, -0.25) is 4.79 Å². The zero-order valence-corrected chi connectivity index (χ0v) is 21.8. The van der Waals surface area contributed by atoms with Crippen LogP contribution < -0.4 is 0 Å². The number of hydrogen-bond donors (Lipinski definition) is 0. The lowest BCUT2D eigenvalue weighted by molar-refractivity contribution is -0.145. The molecule has 0 aromatic heterocycles. The van der Waals surface area contributed by atoms with Crippen LogP contribution in [0.3, 0.4) is 0 Å². The van der Waals surface area contributed by atoms with E-state index in [1.54, 1.807) is 0 Å². The van der Waals surface area contributed by atoms with Crippen molar-refractivity contribution < 1.29 is 19.0 Å². The van der Waals surface area contributed by atoms with E-state index in [2.05, 4.69) is 13.8 Å². The van der Waals surface area contributed by atoms with Gasteiger partial charge in [-0.05, 0) is 12.8 Å². The van der Waals surface area contributed by atoms with E-state index >= 15 is 0 Å². The second-order valence-corrected chi connectivity index (χ2v) is 9.21. The van der Waals surface area contributed by atoms with Crippen molar-refractivity contribution in [1.82, 2.24) is 0 Å². The lowest BCUT2D eigenvalue weighted by atomic mass is 10.0. The summed E-state index contributed by atoms with van der Waals surface area (Å²) in [6, 6.07) is 0. The third kappa shape index (κ3) is 27.4. The molecule has 0 atom stereocenters. The molecule has 0 aromatic rings. The highest BCUT2D eigenvalue weighted by atomic mass is 16.6. The fourth-order valence-corrected chi connectivity index (χ4v) is 3.88. The Balaban J connectivity index is 3.13. The number of hydrogen-bond acceptors (Lipinski definition) is 4. The Morgan fingerprint density at radius 1 is 0.438 bits per heavy atom. The summed E-state index contributed by atoms with van der Waals surface area (Å²) in [5.74, 6) is -0.0875. The van der Waals surface area contributed by atoms with Crippen molar-refractivity contribution in [3.05, 3.63) is 0 Å². The highest BCUT2D eigenvalue weighted by Gasteiger charge is 2.02. The van der Waals surface area contributed by atoms with Crippen molar-refractivity contribution >= 4 is 5.97 Å². The van der Waals surface area contributed by atoms with Gasteiger partial charge in [0.1, 0.15) is 6.61 Å². The zero-order valence-electron chi connectivity index (χ0n) is 21.8. The summed E-state index contributed by atoms with van der Waals surface area (Å²) in [6.45, 7) is 7.32. The lowest BCUT2D eigenvalue weighted by Gasteiger charge is -2.07. The van der Waals surface area contributed by atoms with E-state index in [0.717, 1.165) is 25.9 Å². The Hall–Kier alpha value is -0.610. The van der Waals surface area contributed by atoms with Crippen LogP contribution in [-0.2, 0) is 19.0 Å². The molecule has 0 heterocycles. The van der Waals surface area contributed by atoms with Gasteiger partial charge in [0.25, 0.3) is 0 Å². The third-order valence-corrected chi connectivity index (χ3v) is 5.99. The first-order valence-electron chi connectivity index (χ1n) is 14.1. The number of unbranched alkanes of at least 4 members (excludes halogenated alkanes) is 17. The quantitative estimate of drug-likeness (QED) is 0.0919. The van der Waals surface area contributed by atoms with Crippen LogP contribution in [0, 0.1) is 0 Å². The van der Waals surface area contributed by atoms with Gasteiger partial charge in [-0.25, -0.2) is 0 Å². The van der Waals surface area contributed by atoms with Gasteiger partial charge in [0.2, 0.25) is 0 Å². The van der Waals surface area contributed by atoms with E-state index in [1.807, 2.05) is 0 Å². The summed E-state index contributed by atoms with van der Waals surface area (Å²) < 4.78 is 16.2. The molecule has 32 heavy (non-hydrogen) atoms. The fourth-order valence-electron chi connectivity index (χ4n) is 3.88. The molecule has 0 saturated carbocycles. The number of rotatable bonds is 27. The first kappa shape index (κ1) is 31.4. The van der Waals surface area contributed by atoms with Crippen LogP contribution in [0.15, 0.2) is 0 Å². The molecule has 192 valence electrons. The molecule has 4 nitrogen and oxygen atoms in total. The standard InChI is InChI=1S/C28H56O4/c1-3-5-7-9-10-11-12-13-14-15-16-17-18-19-20-22-28(29)32-27-26-31-25-24-30-23-21-8-6-4-2/h3-27H2,1-2H3. The Morgan fingerprint density at radius 3 is 1.31 bits per heavy atom. The summed E-state index contributed by atoms with van der Waals surface area (Å²) in [5.41, 5.74) is 0. The summed E-state index contributed by atoms with van der Waals surface area (Å²) in [4.78, 5) is 11.7. The van der Waals surface area contributed by atoms with Crippen LogP contribution in [-0.4, -0.2) is 39.0 Å². The van der Waals surface area contributed by atoms with E-state index in [4.69, 9.17) is 14.2 Å². The number of ether oxygens (including phenoxy) is 3. The molecule has 0 saturated heterocycles. The Bertz CT molecular complexity index is 359. The normalized spacial score (nSPS) is 11.2. The van der Waals surface area contributed by atoms with Crippen molar-refractivity contribution in [3.8, 4) is 0 Å². The predicted octanol–water partition coefficient (Wildman–Crippen LogP) is 8.40. The average Bonchev–Trinajstić information content (AvgIpc) is 2.80. The van der Waals surface area contributed by atoms with Gasteiger partial charge in [0.05, 0.1) is 19.8 Å². The van der Waals surface area contributed by atoms with Gasteiger partial charge in [0.15, 0.2) is 0 Å². The molecule has 0 aliphatic heterocycles. The second-order valence-electron chi connectivity index (χ2n) is 9.21. The SMILES string of the molecule is CCCCCCCCCCCCCCCCCC(=O)OCCOCCOCCCCCC. The topological polar surface area (TPSA) is 44.8 Å². The highest BCUT2D eigenvalue weighted by molar-refractivity contribution is 5.69. The van der Waals surface area contributed by atoms with Crippen LogP contribution >= 0.6 is 0 Å². The molecule has 0 bridgehead atoms. The van der Waals surface area contributed by atoms with Crippen LogP contribution in [0.25, 0.3) is 0 Å². The van der Waals surface area contributed by atoms with E-state index in [-0.39, 0.29) is 5.97 Å². The molecule has 0 rings (SSSR count). The first-order valence-corrected chi connectivity index (χ1v) is 14.1. The first-order chi connectivity index (χ1) is 15.8. The summed E-state index contributed by atoms with van der Waals surface area (Å²) in [5, 5.41) is 0. The Labute approximate surface area is 200 Å². The monoisotopic (exact) mass is 456 g/mol. The molecule has 0 fully saturated rings. The summed E-state index contributed by atoms with van der Waals surface area (Å²) in [7, 11) is 0. The molecule has 0 unspecified atom stereocenters. The molecule has 0 aliphatic rings. The van der Waals surface area contributed by atoms with Gasteiger partial charge in [-0.15, -0.1) is 0 Å². The van der Waals surface area contributed by atoms with Gasteiger partial charge in [-0.1, -0.05) is 123 Å². The van der Waals surface area contributed by atoms with E-state index in [9.17, 15) is 4.79 Å². The third-order valence-electron chi connectivity index (χ3n) is 5.99. The maximum Gasteiger partial charge on any atom is 0.305 e. The number of carbonyl (C=O) groups is 1. The zero-order chi connectivity index (χ0) is 23.4. The number of carbonyl (C=O) groups excluding carboxylic acids is 1. The van der Waals surface area contributed by atoms with Gasteiger partial charge >= 0.3 is 5.97 Å². The molecule has 0 aliphatic carbocycles. The molecule has 4 heteroatoms.